The molecule has 0 atom stereocenters. The molecule has 0 bridgehead atoms. The number of nitrogens with one attached hydrogen (secondary N) is 2. The Kier molecular flexibility index (Phi) is 5.11. The molecule has 3 aromatic rings. The summed E-state index contributed by atoms with van der Waals surface area (Å²) in [5.41, 5.74) is 2.51. The molecule has 3 N–H and O–H groups in total. The first-order valence-electron chi connectivity index (χ1n) is 8.83. The first-order valence-corrected chi connectivity index (χ1v) is 8.83. The lowest BCUT2D eigenvalue weighted by atomic mass is 10.2. The van der Waals surface area contributed by atoms with Crippen LogP contribution in [-0.2, 0) is 0 Å². The molecule has 1 aromatic heterocycles. The van der Waals surface area contributed by atoms with Crippen LogP contribution in [-0.4, -0.2) is 35.1 Å². The molecule has 28 heavy (non-hydrogen) atoms. The van der Waals surface area contributed by atoms with E-state index in [0.717, 1.165) is 16.9 Å². The number of nitrogens with zero attached hydrogens (tertiary/aromatic N) is 2. The van der Waals surface area contributed by atoms with Crippen LogP contribution in [0.1, 0.15) is 5.56 Å². The van der Waals surface area contributed by atoms with Crippen LogP contribution in [0.2, 0.25) is 0 Å². The van der Waals surface area contributed by atoms with E-state index in [9.17, 15) is 0 Å². The molecule has 0 amide bonds. The summed E-state index contributed by atoms with van der Waals surface area (Å²) in [6.07, 6.45) is 1.75. The number of rotatable bonds is 7. The number of para-hydroxylation sites is 1. The Hall–Kier alpha value is -3.52. The molecule has 0 unspecified atom stereocenters. The largest absolute Gasteiger partial charge is 0.491 e. The lowest BCUT2D eigenvalue weighted by molar-refractivity contribution is 0.174. The molecule has 8 heteroatoms. The molecule has 1 aliphatic heterocycles. The second kappa shape index (κ2) is 8.01. The lowest BCUT2D eigenvalue weighted by Gasteiger charge is -2.12. The van der Waals surface area contributed by atoms with Crippen LogP contribution in [0.3, 0.4) is 0 Å². The van der Waals surface area contributed by atoms with Crippen LogP contribution in [0.25, 0.3) is 0 Å². The smallest absolute Gasteiger partial charge is 0.231 e. The number of hydrogen-bond acceptors (Lipinski definition) is 8. The van der Waals surface area contributed by atoms with Crippen molar-refractivity contribution in [3.8, 4) is 17.2 Å². The summed E-state index contributed by atoms with van der Waals surface area (Å²) < 4.78 is 16.3. The van der Waals surface area contributed by atoms with Gasteiger partial charge >= 0.3 is 0 Å². The van der Waals surface area contributed by atoms with E-state index < -0.39 is 0 Å². The number of aliphatic hydroxyl groups is 1. The van der Waals surface area contributed by atoms with Gasteiger partial charge < -0.3 is 30.0 Å². The van der Waals surface area contributed by atoms with Crippen molar-refractivity contribution in [3.63, 3.8) is 0 Å². The van der Waals surface area contributed by atoms with Crippen molar-refractivity contribution in [1.82, 2.24) is 9.97 Å². The zero-order valence-corrected chi connectivity index (χ0v) is 15.3. The van der Waals surface area contributed by atoms with Gasteiger partial charge in [0, 0.05) is 17.4 Å². The molecule has 8 nitrogen and oxygen atoms in total. The highest BCUT2D eigenvalue weighted by molar-refractivity contribution is 5.71. The third-order valence-corrected chi connectivity index (χ3v) is 4.09. The van der Waals surface area contributed by atoms with Crippen LogP contribution in [0.4, 0.5) is 23.1 Å². The van der Waals surface area contributed by atoms with Gasteiger partial charge in [-0.15, -0.1) is 0 Å². The fourth-order valence-electron chi connectivity index (χ4n) is 2.71. The Labute approximate surface area is 162 Å². The van der Waals surface area contributed by atoms with Crippen molar-refractivity contribution >= 4 is 23.1 Å². The fraction of sp³-hybridized carbons (Fsp3) is 0.200. The molecule has 2 heterocycles. The number of aryl methyl sites for hydroxylation is 1. The van der Waals surface area contributed by atoms with Gasteiger partial charge in [-0.1, -0.05) is 6.07 Å². The number of ether oxygens (including phenoxy) is 3. The highest BCUT2D eigenvalue weighted by Gasteiger charge is 2.18. The Morgan fingerprint density at radius 1 is 1.11 bits per heavy atom. The van der Waals surface area contributed by atoms with Gasteiger partial charge in [-0.2, -0.15) is 4.98 Å². The molecule has 0 spiro atoms. The molecule has 0 radical (unpaired) electrons. The molecule has 0 fully saturated rings. The summed E-state index contributed by atoms with van der Waals surface area (Å²) in [5, 5.41) is 15.3. The van der Waals surface area contributed by atoms with Gasteiger partial charge in [0.05, 0.1) is 12.3 Å². The fourth-order valence-corrected chi connectivity index (χ4v) is 2.71. The molecule has 0 saturated heterocycles. The predicted molar refractivity (Wildman–Crippen MR) is 105 cm³/mol. The summed E-state index contributed by atoms with van der Waals surface area (Å²) in [5.74, 6) is 3.20. The van der Waals surface area contributed by atoms with Crippen LogP contribution in [0.15, 0.2) is 48.7 Å². The van der Waals surface area contributed by atoms with E-state index in [1.54, 1.807) is 6.20 Å². The second-order valence-corrected chi connectivity index (χ2v) is 6.11. The number of benzene rings is 2. The Morgan fingerprint density at radius 2 is 1.96 bits per heavy atom. The quantitative estimate of drug-likeness (QED) is 0.574. The number of hydrogen-bond donors (Lipinski definition) is 3. The monoisotopic (exact) mass is 380 g/mol. The van der Waals surface area contributed by atoms with Crippen molar-refractivity contribution < 1.29 is 19.3 Å². The van der Waals surface area contributed by atoms with E-state index in [1.807, 2.05) is 49.4 Å². The maximum atomic E-state index is 8.81. The van der Waals surface area contributed by atoms with E-state index in [2.05, 4.69) is 20.6 Å². The van der Waals surface area contributed by atoms with E-state index in [1.165, 1.54) is 0 Å². The highest BCUT2D eigenvalue weighted by Crippen LogP contribution is 2.40. The second-order valence-electron chi connectivity index (χ2n) is 6.11. The van der Waals surface area contributed by atoms with Gasteiger partial charge in [0.25, 0.3) is 0 Å². The summed E-state index contributed by atoms with van der Waals surface area (Å²) in [7, 11) is 0. The van der Waals surface area contributed by atoms with Crippen molar-refractivity contribution in [2.75, 3.05) is 30.6 Å². The molecule has 4 rings (SSSR count). The summed E-state index contributed by atoms with van der Waals surface area (Å²) in [6.45, 7) is 2.39. The van der Waals surface area contributed by atoms with E-state index in [0.29, 0.717) is 29.0 Å². The predicted octanol–water partition coefficient (Wildman–Crippen LogP) is 3.37. The van der Waals surface area contributed by atoms with Gasteiger partial charge in [0.2, 0.25) is 12.7 Å². The van der Waals surface area contributed by atoms with Crippen molar-refractivity contribution in [2.24, 2.45) is 0 Å². The van der Waals surface area contributed by atoms with Crippen LogP contribution in [0, 0.1) is 6.92 Å². The summed E-state index contributed by atoms with van der Waals surface area (Å²) in [6, 6.07) is 13.0. The van der Waals surface area contributed by atoms with Gasteiger partial charge in [-0.05, 0) is 43.3 Å². The molecule has 0 aliphatic carbocycles. The molecule has 0 saturated carbocycles. The third-order valence-electron chi connectivity index (χ3n) is 4.09. The van der Waals surface area contributed by atoms with Gasteiger partial charge in [0.1, 0.15) is 18.2 Å². The van der Waals surface area contributed by atoms with Crippen LogP contribution in [0.5, 0.6) is 17.2 Å². The minimum Gasteiger partial charge on any atom is -0.491 e. The Bertz CT molecular complexity index is 963. The molecular formula is C20H20N4O4. The average molecular weight is 380 g/mol. The van der Waals surface area contributed by atoms with Crippen molar-refractivity contribution in [2.45, 2.75) is 6.92 Å². The standard InChI is InChI=1S/C20H20N4O4/c1-13-11-21-20(22-14-5-7-15(8-6-14)26-10-9-25)24-19(13)23-16-3-2-4-17-18(16)28-12-27-17/h2-8,11,25H,9-10,12H2,1H3,(H2,21,22,23,24). The van der Waals surface area contributed by atoms with E-state index in [-0.39, 0.29) is 20.0 Å². The van der Waals surface area contributed by atoms with Crippen LogP contribution < -0.4 is 24.8 Å². The molecule has 2 aromatic carbocycles. The first-order chi connectivity index (χ1) is 13.7. The lowest BCUT2D eigenvalue weighted by Crippen LogP contribution is -2.04. The molecule has 144 valence electrons. The maximum Gasteiger partial charge on any atom is 0.231 e. The van der Waals surface area contributed by atoms with Gasteiger partial charge in [-0.3, -0.25) is 0 Å². The third kappa shape index (κ3) is 3.91. The van der Waals surface area contributed by atoms with Gasteiger partial charge in [0.15, 0.2) is 11.5 Å². The first kappa shape index (κ1) is 17.9. The minimum absolute atomic E-state index is 0.0191. The topological polar surface area (TPSA) is 97.8 Å². The number of fused-ring (bicyclic) bond motifs is 1. The Morgan fingerprint density at radius 3 is 2.79 bits per heavy atom. The zero-order chi connectivity index (χ0) is 19.3. The van der Waals surface area contributed by atoms with Crippen molar-refractivity contribution in [3.05, 3.63) is 54.2 Å². The van der Waals surface area contributed by atoms with E-state index in [4.69, 9.17) is 19.3 Å². The SMILES string of the molecule is Cc1cnc(Nc2ccc(OCCO)cc2)nc1Nc1cccc2c1OCO2. The zero-order valence-electron chi connectivity index (χ0n) is 15.3. The maximum absolute atomic E-state index is 8.81. The summed E-state index contributed by atoms with van der Waals surface area (Å²) >= 11 is 0. The normalized spacial score (nSPS) is 11.9. The van der Waals surface area contributed by atoms with Crippen LogP contribution >= 0.6 is 0 Å². The van der Waals surface area contributed by atoms with Gasteiger partial charge in [-0.25, -0.2) is 4.98 Å². The van der Waals surface area contributed by atoms with Crippen molar-refractivity contribution in [1.29, 1.82) is 0 Å². The highest BCUT2D eigenvalue weighted by atomic mass is 16.7. The summed E-state index contributed by atoms with van der Waals surface area (Å²) in [4.78, 5) is 8.90. The minimum atomic E-state index is -0.0191. The number of aliphatic hydroxyl groups excluding tert-OH is 1. The molecule has 1 aliphatic rings. The average Bonchev–Trinajstić information content (AvgIpc) is 3.20. The number of anilines is 4. The Balaban J connectivity index is 1.50. The number of aromatic nitrogens is 2. The van der Waals surface area contributed by atoms with E-state index >= 15 is 0 Å². The molecular weight excluding hydrogens is 360 g/mol.